The van der Waals surface area contributed by atoms with Crippen LogP contribution in [0, 0.1) is 0 Å². The van der Waals surface area contributed by atoms with E-state index in [9.17, 15) is 19.5 Å². The molecule has 0 heterocycles. The molecule has 10 heteroatoms. The smallest absolute Gasteiger partial charge is 0.354 e. The second-order valence-corrected chi connectivity index (χ2v) is 4.57. The molecule has 0 saturated carbocycles. The van der Waals surface area contributed by atoms with Crippen LogP contribution in [0.1, 0.15) is 10.4 Å². The lowest BCUT2D eigenvalue weighted by atomic mass is 10.1. The van der Waals surface area contributed by atoms with Crippen molar-refractivity contribution in [2.75, 3.05) is 40.9 Å². The van der Waals surface area contributed by atoms with Crippen LogP contribution in [-0.4, -0.2) is 58.6 Å². The summed E-state index contributed by atoms with van der Waals surface area (Å²) in [6.45, 7) is 0. The van der Waals surface area contributed by atoms with Gasteiger partial charge >= 0.3 is 17.9 Å². The van der Waals surface area contributed by atoms with Gasteiger partial charge in [0.05, 0.1) is 47.2 Å². The molecule has 0 aromatic heterocycles. The predicted molar refractivity (Wildman–Crippen MR) is 88.8 cm³/mol. The average Bonchev–Trinajstić information content (AvgIpc) is 2.65. The standard InChI is InChI=1S/C16H19NO9/c1-22-10-6-8(15(19)20)12(14(25-4)13(10)24-3)17-9(16(21)26-5)7-11(18)23-2/h6-7,17H,1-5H3,(H,19,20)/b9-7+. The first-order chi connectivity index (χ1) is 12.3. The number of carbonyl (C=O) groups excluding carboxylic acids is 2. The molecule has 1 rings (SSSR count). The molecule has 0 spiro atoms. The maximum Gasteiger partial charge on any atom is 0.354 e. The number of carbonyl (C=O) groups is 3. The van der Waals surface area contributed by atoms with Gasteiger partial charge in [-0.1, -0.05) is 0 Å². The molecule has 0 aliphatic carbocycles. The third kappa shape index (κ3) is 4.35. The Labute approximate surface area is 149 Å². The molecule has 26 heavy (non-hydrogen) atoms. The van der Waals surface area contributed by atoms with E-state index in [1.807, 2.05) is 0 Å². The van der Waals surface area contributed by atoms with E-state index in [-0.39, 0.29) is 34.2 Å². The zero-order valence-corrected chi connectivity index (χ0v) is 14.9. The van der Waals surface area contributed by atoms with Gasteiger partial charge in [-0.3, -0.25) is 0 Å². The largest absolute Gasteiger partial charge is 0.493 e. The summed E-state index contributed by atoms with van der Waals surface area (Å²) in [5.74, 6) is -2.98. The van der Waals surface area contributed by atoms with Crippen LogP contribution >= 0.6 is 0 Å². The molecule has 142 valence electrons. The van der Waals surface area contributed by atoms with Crippen molar-refractivity contribution in [3.05, 3.63) is 23.4 Å². The molecule has 0 unspecified atom stereocenters. The van der Waals surface area contributed by atoms with Crippen molar-refractivity contribution in [2.45, 2.75) is 0 Å². The van der Waals surface area contributed by atoms with E-state index < -0.39 is 17.9 Å². The maximum absolute atomic E-state index is 11.9. The monoisotopic (exact) mass is 369 g/mol. The van der Waals surface area contributed by atoms with E-state index in [2.05, 4.69) is 14.8 Å². The fourth-order valence-corrected chi connectivity index (χ4v) is 2.02. The van der Waals surface area contributed by atoms with Gasteiger partial charge in [-0.2, -0.15) is 0 Å². The highest BCUT2D eigenvalue weighted by Gasteiger charge is 2.26. The lowest BCUT2D eigenvalue weighted by Crippen LogP contribution is -2.18. The maximum atomic E-state index is 11.9. The minimum Gasteiger partial charge on any atom is -0.493 e. The van der Waals surface area contributed by atoms with E-state index in [1.54, 1.807) is 0 Å². The summed E-state index contributed by atoms with van der Waals surface area (Å²) in [4.78, 5) is 35.0. The molecule has 0 fully saturated rings. The van der Waals surface area contributed by atoms with Crippen LogP contribution in [0.2, 0.25) is 0 Å². The first-order valence-corrected chi connectivity index (χ1v) is 7.05. The van der Waals surface area contributed by atoms with Gasteiger partial charge in [0.15, 0.2) is 11.5 Å². The van der Waals surface area contributed by atoms with E-state index in [1.165, 1.54) is 27.4 Å². The topological polar surface area (TPSA) is 130 Å². The van der Waals surface area contributed by atoms with Crippen molar-refractivity contribution >= 4 is 23.6 Å². The molecule has 0 aliphatic rings. The van der Waals surface area contributed by atoms with Crippen molar-refractivity contribution in [3.8, 4) is 17.2 Å². The third-order valence-electron chi connectivity index (χ3n) is 3.19. The Morgan fingerprint density at radius 3 is 2.00 bits per heavy atom. The molecule has 0 atom stereocenters. The van der Waals surface area contributed by atoms with E-state index in [4.69, 9.17) is 14.2 Å². The first-order valence-electron chi connectivity index (χ1n) is 7.05. The quantitative estimate of drug-likeness (QED) is 0.506. The molecule has 10 nitrogen and oxygen atoms in total. The van der Waals surface area contributed by atoms with Crippen LogP contribution in [-0.2, 0) is 19.1 Å². The zero-order chi connectivity index (χ0) is 19.9. The van der Waals surface area contributed by atoms with Crippen molar-refractivity contribution < 1.29 is 43.2 Å². The Hall–Kier alpha value is -3.43. The summed E-state index contributed by atoms with van der Waals surface area (Å²) >= 11 is 0. The number of hydrogen-bond acceptors (Lipinski definition) is 9. The Morgan fingerprint density at radius 2 is 1.58 bits per heavy atom. The van der Waals surface area contributed by atoms with Crippen LogP contribution < -0.4 is 19.5 Å². The van der Waals surface area contributed by atoms with Crippen LogP contribution in [0.4, 0.5) is 5.69 Å². The summed E-state index contributed by atoms with van der Waals surface area (Å²) in [5.41, 5.74) is -0.801. The van der Waals surface area contributed by atoms with Gasteiger partial charge in [-0.15, -0.1) is 0 Å². The number of ether oxygens (including phenoxy) is 5. The van der Waals surface area contributed by atoms with Gasteiger partial charge in [0.2, 0.25) is 5.75 Å². The van der Waals surface area contributed by atoms with Crippen LogP contribution in [0.15, 0.2) is 17.8 Å². The van der Waals surface area contributed by atoms with Crippen molar-refractivity contribution in [3.63, 3.8) is 0 Å². The second kappa shape index (κ2) is 9.16. The highest BCUT2D eigenvalue weighted by Crippen LogP contribution is 2.45. The van der Waals surface area contributed by atoms with Gasteiger partial charge in [-0.05, 0) is 0 Å². The van der Waals surface area contributed by atoms with Crippen LogP contribution in [0.3, 0.4) is 0 Å². The van der Waals surface area contributed by atoms with E-state index in [0.29, 0.717) is 0 Å². The normalized spacial score (nSPS) is 10.6. The Balaban J connectivity index is 3.67. The molecule has 0 aliphatic heterocycles. The Kier molecular flexibility index (Phi) is 7.26. The number of methoxy groups -OCH3 is 5. The molecular formula is C16H19NO9. The summed E-state index contributed by atoms with van der Waals surface area (Å²) in [7, 11) is 6.14. The number of hydrogen-bond donors (Lipinski definition) is 2. The fraction of sp³-hybridized carbons (Fsp3) is 0.312. The lowest BCUT2D eigenvalue weighted by Gasteiger charge is -2.19. The second-order valence-electron chi connectivity index (χ2n) is 4.57. The summed E-state index contributed by atoms with van der Waals surface area (Å²) in [6.07, 6.45) is 0.813. The van der Waals surface area contributed by atoms with Crippen molar-refractivity contribution in [1.82, 2.24) is 0 Å². The summed E-state index contributed by atoms with van der Waals surface area (Å²) in [6, 6.07) is 1.18. The number of rotatable bonds is 8. The minimum atomic E-state index is -1.34. The molecule has 0 amide bonds. The minimum absolute atomic E-state index is 0.0519. The number of anilines is 1. The molecule has 0 bridgehead atoms. The Bertz CT molecular complexity index is 740. The molecule has 1 aromatic carbocycles. The van der Waals surface area contributed by atoms with Gasteiger partial charge < -0.3 is 34.1 Å². The van der Waals surface area contributed by atoms with Crippen LogP contribution in [0.5, 0.6) is 17.2 Å². The van der Waals surface area contributed by atoms with Gasteiger partial charge in [0.25, 0.3) is 0 Å². The Morgan fingerprint density at radius 1 is 0.962 bits per heavy atom. The third-order valence-corrected chi connectivity index (χ3v) is 3.19. The number of carboxylic acids is 1. The average molecular weight is 369 g/mol. The molecule has 1 aromatic rings. The molecule has 0 radical (unpaired) electrons. The van der Waals surface area contributed by atoms with E-state index >= 15 is 0 Å². The van der Waals surface area contributed by atoms with Gasteiger partial charge in [0, 0.05) is 6.07 Å². The SMILES string of the molecule is COC(=O)/C=C(/Nc1c(C(=O)O)cc(OC)c(OC)c1OC)C(=O)OC. The van der Waals surface area contributed by atoms with Gasteiger partial charge in [0.1, 0.15) is 11.4 Å². The molecule has 2 N–H and O–H groups in total. The lowest BCUT2D eigenvalue weighted by molar-refractivity contribution is -0.138. The number of carboxylic acid groups (broad SMARTS) is 1. The number of aromatic carboxylic acids is 1. The summed E-state index contributed by atoms with van der Waals surface area (Å²) in [5, 5.41) is 12.0. The van der Waals surface area contributed by atoms with Crippen LogP contribution in [0.25, 0.3) is 0 Å². The number of benzene rings is 1. The van der Waals surface area contributed by atoms with Crippen molar-refractivity contribution in [2.24, 2.45) is 0 Å². The number of nitrogens with one attached hydrogen (secondary N) is 1. The van der Waals surface area contributed by atoms with Crippen molar-refractivity contribution in [1.29, 1.82) is 0 Å². The molecular weight excluding hydrogens is 350 g/mol. The predicted octanol–water partition coefficient (Wildman–Crippen LogP) is 1.05. The number of esters is 2. The van der Waals surface area contributed by atoms with E-state index in [0.717, 1.165) is 20.3 Å². The highest BCUT2D eigenvalue weighted by atomic mass is 16.5. The first kappa shape index (κ1) is 20.6. The zero-order valence-electron chi connectivity index (χ0n) is 14.9. The summed E-state index contributed by atoms with van der Waals surface area (Å²) < 4.78 is 24.6. The van der Waals surface area contributed by atoms with Gasteiger partial charge in [-0.25, -0.2) is 14.4 Å². The molecule has 0 saturated heterocycles. The fourth-order valence-electron chi connectivity index (χ4n) is 2.02. The highest BCUT2D eigenvalue weighted by molar-refractivity contribution is 6.03.